The topological polar surface area (TPSA) is 91.7 Å². The molecule has 13 heteroatoms. The number of aryl methyl sites for hydroxylation is 1. The smallest absolute Gasteiger partial charge is 0.324 e. The van der Waals surface area contributed by atoms with Gasteiger partial charge in [-0.1, -0.05) is 0 Å². The van der Waals surface area contributed by atoms with Crippen LogP contribution >= 0.6 is 0 Å². The number of anilines is 3. The molecule has 1 unspecified atom stereocenters. The van der Waals surface area contributed by atoms with Crippen molar-refractivity contribution in [2.75, 3.05) is 16.8 Å². The molecule has 5 rings (SSSR count). The van der Waals surface area contributed by atoms with Crippen LogP contribution in [0.25, 0.3) is 22.5 Å². The Balaban J connectivity index is 1.32. The number of benzene rings is 2. The molecule has 0 spiro atoms. The average Bonchev–Trinajstić information content (AvgIpc) is 3.53. The van der Waals surface area contributed by atoms with Crippen LogP contribution in [0.4, 0.5) is 39.3 Å². The molecule has 36 heavy (non-hydrogen) atoms. The minimum Gasteiger partial charge on any atom is -0.324 e. The number of H-pyrrole nitrogens is 1. The number of aromatic nitrogens is 5. The van der Waals surface area contributed by atoms with Gasteiger partial charge in [0.05, 0.1) is 17.7 Å². The summed E-state index contributed by atoms with van der Waals surface area (Å²) in [6.07, 6.45) is -3.81. The lowest BCUT2D eigenvalue weighted by atomic mass is 10.1. The van der Waals surface area contributed by atoms with Gasteiger partial charge in [0.2, 0.25) is 17.8 Å². The van der Waals surface area contributed by atoms with Crippen molar-refractivity contribution < 1.29 is 26.7 Å². The lowest BCUT2D eigenvalue weighted by molar-refractivity contribution is -0.169. The van der Waals surface area contributed by atoms with Gasteiger partial charge in [0.25, 0.3) is 0 Å². The predicted molar refractivity (Wildman–Crippen MR) is 120 cm³/mol. The molecule has 0 bridgehead atoms. The summed E-state index contributed by atoms with van der Waals surface area (Å²) in [6, 6.07) is 10.4. The van der Waals surface area contributed by atoms with Crippen LogP contribution in [0.15, 0.2) is 48.7 Å². The first-order valence-electron chi connectivity index (χ1n) is 10.7. The normalized spacial score (nSPS) is 16.1. The number of amides is 1. The van der Waals surface area contributed by atoms with Crippen LogP contribution in [-0.4, -0.2) is 43.6 Å². The number of hydrogen-bond acceptors (Lipinski definition) is 5. The molecule has 2 aromatic carbocycles. The van der Waals surface area contributed by atoms with Crippen molar-refractivity contribution in [3.05, 3.63) is 60.4 Å². The molecule has 186 valence electrons. The number of rotatable bonds is 5. The number of carbonyl (C=O) groups is 1. The number of aromatic amines is 1. The van der Waals surface area contributed by atoms with E-state index >= 15 is 0 Å². The van der Waals surface area contributed by atoms with Crippen molar-refractivity contribution >= 4 is 23.2 Å². The Hall–Kier alpha value is -4.29. The highest BCUT2D eigenvalue weighted by Crippen LogP contribution is 2.36. The van der Waals surface area contributed by atoms with Crippen molar-refractivity contribution in [1.29, 1.82) is 0 Å². The van der Waals surface area contributed by atoms with Crippen LogP contribution in [0.5, 0.6) is 0 Å². The largest absolute Gasteiger partial charge is 0.394 e. The van der Waals surface area contributed by atoms with Gasteiger partial charge in [-0.3, -0.25) is 9.89 Å². The standard InChI is InChI=1S/C23H18F5N7O/c1-34-22(30-14-4-7-16(18(24)9-14)17-10-29-32-20(17)25)31-21(33-34)12-2-5-15(6-3-12)35-11-13(8-19(35)36)23(26,27)28/h2-7,9-10,13H,8,11H2,1H3,(H,29,32)(H,30,31,33). The van der Waals surface area contributed by atoms with E-state index in [1.54, 1.807) is 37.4 Å². The third-order valence-electron chi connectivity index (χ3n) is 5.90. The third kappa shape index (κ3) is 4.39. The maximum absolute atomic E-state index is 14.6. The van der Waals surface area contributed by atoms with E-state index in [2.05, 4.69) is 25.6 Å². The molecule has 1 aliphatic heterocycles. The second-order valence-electron chi connectivity index (χ2n) is 8.29. The molecule has 1 amide bonds. The van der Waals surface area contributed by atoms with Crippen molar-refractivity contribution in [2.24, 2.45) is 13.0 Å². The third-order valence-corrected chi connectivity index (χ3v) is 5.90. The van der Waals surface area contributed by atoms with Gasteiger partial charge >= 0.3 is 6.18 Å². The fourth-order valence-electron chi connectivity index (χ4n) is 3.98. The number of nitrogens with zero attached hydrogens (tertiary/aromatic N) is 5. The molecule has 2 aromatic heterocycles. The van der Waals surface area contributed by atoms with E-state index < -0.39 is 42.7 Å². The van der Waals surface area contributed by atoms with Crippen molar-refractivity contribution in [2.45, 2.75) is 12.6 Å². The minimum absolute atomic E-state index is 0.00741. The molecule has 3 heterocycles. The van der Waals surface area contributed by atoms with Gasteiger partial charge in [-0.15, -0.1) is 5.10 Å². The molecule has 1 fully saturated rings. The highest BCUT2D eigenvalue weighted by molar-refractivity contribution is 5.96. The summed E-state index contributed by atoms with van der Waals surface area (Å²) in [4.78, 5) is 17.6. The highest BCUT2D eigenvalue weighted by atomic mass is 19.4. The maximum atomic E-state index is 14.6. The molecule has 4 aromatic rings. The van der Waals surface area contributed by atoms with Crippen LogP contribution in [-0.2, 0) is 11.8 Å². The average molecular weight is 503 g/mol. The lowest BCUT2D eigenvalue weighted by Crippen LogP contribution is -2.28. The summed E-state index contributed by atoms with van der Waals surface area (Å²) in [5.41, 5.74) is 1.33. The highest BCUT2D eigenvalue weighted by Gasteiger charge is 2.47. The van der Waals surface area contributed by atoms with Gasteiger partial charge in [-0.05, 0) is 42.5 Å². The zero-order valence-corrected chi connectivity index (χ0v) is 18.6. The first kappa shape index (κ1) is 23.5. The second-order valence-corrected chi connectivity index (χ2v) is 8.29. The van der Waals surface area contributed by atoms with Crippen LogP contribution in [0.1, 0.15) is 6.42 Å². The van der Waals surface area contributed by atoms with E-state index in [0.717, 1.165) is 4.90 Å². The molecule has 0 saturated carbocycles. The Morgan fingerprint density at radius 2 is 1.83 bits per heavy atom. The molecule has 8 nitrogen and oxygen atoms in total. The first-order valence-corrected chi connectivity index (χ1v) is 10.7. The van der Waals surface area contributed by atoms with Gasteiger partial charge in [0, 0.05) is 42.5 Å². The van der Waals surface area contributed by atoms with E-state index in [4.69, 9.17) is 0 Å². The van der Waals surface area contributed by atoms with E-state index in [-0.39, 0.29) is 11.1 Å². The van der Waals surface area contributed by atoms with Gasteiger partial charge < -0.3 is 10.2 Å². The monoisotopic (exact) mass is 503 g/mol. The molecular weight excluding hydrogens is 485 g/mol. The Morgan fingerprint density at radius 1 is 1.08 bits per heavy atom. The fourth-order valence-corrected chi connectivity index (χ4v) is 3.98. The summed E-state index contributed by atoms with van der Waals surface area (Å²) in [5.74, 6) is -3.08. The quantitative estimate of drug-likeness (QED) is 0.382. The Bertz CT molecular complexity index is 1430. The predicted octanol–water partition coefficient (Wildman–Crippen LogP) is 4.81. The summed E-state index contributed by atoms with van der Waals surface area (Å²) in [6.45, 7) is -0.416. The number of carbonyl (C=O) groups excluding carboxylic acids is 1. The molecule has 0 aliphatic carbocycles. The summed E-state index contributed by atoms with van der Waals surface area (Å²) in [7, 11) is 1.62. The number of halogens is 5. The van der Waals surface area contributed by atoms with Crippen molar-refractivity contribution in [3.63, 3.8) is 0 Å². The summed E-state index contributed by atoms with van der Waals surface area (Å²) >= 11 is 0. The van der Waals surface area contributed by atoms with Crippen LogP contribution in [0.2, 0.25) is 0 Å². The molecule has 1 aliphatic rings. The Labute approximate surface area is 200 Å². The Morgan fingerprint density at radius 3 is 2.44 bits per heavy atom. The zero-order chi connectivity index (χ0) is 25.6. The minimum atomic E-state index is -4.43. The van der Waals surface area contributed by atoms with Gasteiger partial charge in [0.15, 0.2) is 5.82 Å². The van der Waals surface area contributed by atoms with Crippen molar-refractivity contribution in [1.82, 2.24) is 25.0 Å². The molecule has 2 N–H and O–H groups in total. The van der Waals surface area contributed by atoms with Crippen molar-refractivity contribution in [3.8, 4) is 22.5 Å². The second kappa shape index (κ2) is 8.73. The van der Waals surface area contributed by atoms with E-state index in [0.29, 0.717) is 28.7 Å². The van der Waals surface area contributed by atoms with Gasteiger partial charge in [-0.2, -0.15) is 27.6 Å². The lowest BCUT2D eigenvalue weighted by Gasteiger charge is -2.18. The molecule has 1 saturated heterocycles. The molecule has 0 radical (unpaired) electrons. The van der Waals surface area contributed by atoms with Crippen LogP contribution < -0.4 is 10.2 Å². The molecular formula is C23H18F5N7O. The van der Waals surface area contributed by atoms with E-state index in [1.807, 2.05) is 0 Å². The fraction of sp³-hybridized carbons (Fsp3) is 0.217. The van der Waals surface area contributed by atoms with Crippen LogP contribution in [0, 0.1) is 17.7 Å². The summed E-state index contributed by atoms with van der Waals surface area (Å²) in [5, 5.41) is 12.9. The SMILES string of the molecule is Cn1nc(-c2ccc(N3CC(C(F)(F)F)CC3=O)cc2)nc1Nc1ccc(-c2cn[nH]c2F)c(F)c1. The summed E-state index contributed by atoms with van der Waals surface area (Å²) < 4.78 is 68.6. The number of alkyl halides is 3. The van der Waals surface area contributed by atoms with Crippen LogP contribution in [0.3, 0.4) is 0 Å². The zero-order valence-electron chi connectivity index (χ0n) is 18.6. The van der Waals surface area contributed by atoms with Gasteiger partial charge in [0.1, 0.15) is 5.82 Å². The van der Waals surface area contributed by atoms with E-state index in [1.165, 1.54) is 23.0 Å². The first-order chi connectivity index (χ1) is 17.1. The van der Waals surface area contributed by atoms with E-state index in [9.17, 15) is 26.7 Å². The Kier molecular flexibility index (Phi) is 5.69. The van der Waals surface area contributed by atoms with Gasteiger partial charge in [-0.25, -0.2) is 9.07 Å². The number of nitrogens with one attached hydrogen (secondary N) is 2. The maximum Gasteiger partial charge on any atom is 0.394 e. The number of hydrogen-bond donors (Lipinski definition) is 2. The molecule has 1 atom stereocenters.